The van der Waals surface area contributed by atoms with Crippen LogP contribution in [-0.2, 0) is 14.3 Å². The minimum Gasteiger partial charge on any atom is -0.466 e. The molecule has 0 saturated carbocycles. The van der Waals surface area contributed by atoms with Crippen molar-refractivity contribution in [1.82, 2.24) is 5.32 Å². The number of esters is 1. The van der Waals surface area contributed by atoms with Gasteiger partial charge in [0.05, 0.1) is 19.8 Å². The molecule has 0 rings (SSSR count). The van der Waals surface area contributed by atoms with Crippen molar-refractivity contribution in [2.45, 2.75) is 26.2 Å². The van der Waals surface area contributed by atoms with Gasteiger partial charge < -0.3 is 14.8 Å². The van der Waals surface area contributed by atoms with E-state index >= 15 is 0 Å². The first-order valence-corrected chi connectivity index (χ1v) is 6.26. The van der Waals surface area contributed by atoms with Crippen molar-refractivity contribution in [3.8, 4) is 0 Å². The van der Waals surface area contributed by atoms with Crippen molar-refractivity contribution >= 4 is 5.97 Å². The van der Waals surface area contributed by atoms with Gasteiger partial charge in [0, 0.05) is 24.4 Å². The third-order valence-electron chi connectivity index (χ3n) is 2.11. The molecule has 0 aliphatic rings. The van der Waals surface area contributed by atoms with Crippen molar-refractivity contribution in [3.63, 3.8) is 0 Å². The smallest absolute Gasteiger partial charge is 0.305 e. The van der Waals surface area contributed by atoms with Crippen LogP contribution in [0.3, 0.4) is 0 Å². The van der Waals surface area contributed by atoms with E-state index in [4.69, 9.17) is 15.0 Å². The number of ether oxygens (including phenoxy) is 2. The molecule has 0 aromatic rings. The molecule has 0 amide bonds. The van der Waals surface area contributed by atoms with Gasteiger partial charge in [-0.2, -0.15) is 0 Å². The zero-order valence-electron chi connectivity index (χ0n) is 10.9. The summed E-state index contributed by atoms with van der Waals surface area (Å²) in [6.07, 6.45) is 2.26. The van der Waals surface area contributed by atoms with Crippen molar-refractivity contribution in [1.29, 1.82) is 0 Å². The van der Waals surface area contributed by atoms with Gasteiger partial charge in [-0.25, -0.2) is 0 Å². The fourth-order valence-electron chi connectivity index (χ4n) is 1.27. The van der Waals surface area contributed by atoms with Crippen molar-refractivity contribution < 1.29 is 14.3 Å². The lowest BCUT2D eigenvalue weighted by atomic mass is 10.2. The first-order chi connectivity index (χ1) is 8.81. The van der Waals surface area contributed by atoms with Gasteiger partial charge in [0.2, 0.25) is 0 Å². The molecule has 0 aliphatic heterocycles. The molecule has 0 fully saturated rings. The van der Waals surface area contributed by atoms with E-state index in [1.54, 1.807) is 6.92 Å². The van der Waals surface area contributed by atoms with Crippen LogP contribution in [-0.4, -0.2) is 45.4 Å². The molecule has 7 heteroatoms. The fourth-order valence-corrected chi connectivity index (χ4v) is 1.27. The highest BCUT2D eigenvalue weighted by atomic mass is 16.5. The van der Waals surface area contributed by atoms with Crippen LogP contribution in [0.5, 0.6) is 0 Å². The number of nitrogens with one attached hydrogen (secondary N) is 1. The lowest BCUT2D eigenvalue weighted by Crippen LogP contribution is -2.21. The summed E-state index contributed by atoms with van der Waals surface area (Å²) < 4.78 is 10.0. The van der Waals surface area contributed by atoms with Crippen LogP contribution in [0.4, 0.5) is 0 Å². The summed E-state index contributed by atoms with van der Waals surface area (Å²) in [4.78, 5) is 13.6. The van der Waals surface area contributed by atoms with Crippen LogP contribution in [0, 0.1) is 0 Å². The predicted octanol–water partition coefficient (Wildman–Crippen LogP) is 1.64. The molecule has 0 aliphatic carbocycles. The second-order valence-electron chi connectivity index (χ2n) is 3.58. The SMILES string of the molecule is CCOC(=O)CCCCNCCOCCN=[N+]=[N-]. The summed E-state index contributed by atoms with van der Waals surface area (Å²) in [5.74, 6) is -0.126. The molecule has 104 valence electrons. The minimum atomic E-state index is -0.126. The molecule has 0 spiro atoms. The van der Waals surface area contributed by atoms with Gasteiger partial charge in [-0.1, -0.05) is 5.11 Å². The Labute approximate surface area is 107 Å². The molecule has 0 heterocycles. The highest BCUT2D eigenvalue weighted by molar-refractivity contribution is 5.69. The molecule has 0 aromatic heterocycles. The molecule has 0 saturated heterocycles. The predicted molar refractivity (Wildman–Crippen MR) is 68.2 cm³/mol. The van der Waals surface area contributed by atoms with E-state index < -0.39 is 0 Å². The Kier molecular flexibility index (Phi) is 12.8. The lowest BCUT2D eigenvalue weighted by Gasteiger charge is -2.05. The summed E-state index contributed by atoms with van der Waals surface area (Å²) in [6.45, 7) is 5.30. The molecule has 0 aromatic carbocycles. The largest absolute Gasteiger partial charge is 0.466 e. The summed E-state index contributed by atoms with van der Waals surface area (Å²) in [7, 11) is 0. The average molecular weight is 258 g/mol. The van der Waals surface area contributed by atoms with Crippen LogP contribution in [0.2, 0.25) is 0 Å². The van der Waals surface area contributed by atoms with Gasteiger partial charge in [-0.15, -0.1) is 0 Å². The van der Waals surface area contributed by atoms with Crippen molar-refractivity contribution in [3.05, 3.63) is 10.4 Å². The summed E-state index contributed by atoms with van der Waals surface area (Å²) >= 11 is 0. The Morgan fingerprint density at radius 1 is 1.33 bits per heavy atom. The number of carbonyl (C=O) groups is 1. The van der Waals surface area contributed by atoms with E-state index in [0.717, 1.165) is 25.9 Å². The normalized spacial score (nSPS) is 9.83. The number of unbranched alkanes of at least 4 members (excludes halogenated alkanes) is 1. The second-order valence-corrected chi connectivity index (χ2v) is 3.58. The van der Waals surface area contributed by atoms with Crippen LogP contribution in [0.1, 0.15) is 26.2 Å². The van der Waals surface area contributed by atoms with Crippen LogP contribution >= 0.6 is 0 Å². The zero-order valence-corrected chi connectivity index (χ0v) is 10.9. The molecular formula is C11H22N4O3. The number of hydrogen-bond acceptors (Lipinski definition) is 5. The molecular weight excluding hydrogens is 236 g/mol. The van der Waals surface area contributed by atoms with Gasteiger partial charge >= 0.3 is 5.97 Å². The van der Waals surface area contributed by atoms with Gasteiger partial charge in [0.25, 0.3) is 0 Å². The first-order valence-electron chi connectivity index (χ1n) is 6.26. The summed E-state index contributed by atoms with van der Waals surface area (Å²) in [5.41, 5.74) is 8.02. The van der Waals surface area contributed by atoms with E-state index in [-0.39, 0.29) is 5.97 Å². The Hall–Kier alpha value is -1.30. The number of azide groups is 1. The summed E-state index contributed by atoms with van der Waals surface area (Å²) in [6, 6.07) is 0. The standard InChI is InChI=1S/C11H22N4O3/c1-2-18-11(16)5-3-4-6-13-7-9-17-10-8-14-15-12/h13H,2-10H2,1H3. The molecule has 0 atom stereocenters. The zero-order chi connectivity index (χ0) is 13.5. The fraction of sp³-hybridized carbons (Fsp3) is 0.909. The van der Waals surface area contributed by atoms with Gasteiger partial charge in [0.15, 0.2) is 0 Å². The maximum atomic E-state index is 11.0. The lowest BCUT2D eigenvalue weighted by molar-refractivity contribution is -0.143. The third-order valence-corrected chi connectivity index (χ3v) is 2.11. The maximum absolute atomic E-state index is 11.0. The van der Waals surface area contributed by atoms with E-state index in [9.17, 15) is 4.79 Å². The molecule has 1 N–H and O–H groups in total. The Bertz CT molecular complexity index is 255. The first kappa shape index (κ1) is 16.7. The molecule has 7 nitrogen and oxygen atoms in total. The van der Waals surface area contributed by atoms with Gasteiger partial charge in [-0.3, -0.25) is 4.79 Å². The van der Waals surface area contributed by atoms with E-state index in [1.165, 1.54) is 0 Å². The summed E-state index contributed by atoms with van der Waals surface area (Å²) in [5, 5.41) is 6.55. The maximum Gasteiger partial charge on any atom is 0.305 e. The van der Waals surface area contributed by atoms with Crippen LogP contribution < -0.4 is 5.32 Å². The highest BCUT2D eigenvalue weighted by Gasteiger charge is 1.99. The number of rotatable bonds is 12. The second kappa shape index (κ2) is 13.8. The van der Waals surface area contributed by atoms with E-state index in [2.05, 4.69) is 15.3 Å². The average Bonchev–Trinajstić information content (AvgIpc) is 2.36. The number of nitrogens with zero attached hydrogens (tertiary/aromatic N) is 3. The molecule has 18 heavy (non-hydrogen) atoms. The van der Waals surface area contributed by atoms with Gasteiger partial charge in [0.1, 0.15) is 0 Å². The molecule has 0 unspecified atom stereocenters. The quantitative estimate of drug-likeness (QED) is 0.189. The van der Waals surface area contributed by atoms with Gasteiger partial charge in [-0.05, 0) is 31.8 Å². The monoisotopic (exact) mass is 258 g/mol. The van der Waals surface area contributed by atoms with E-state index in [1.807, 2.05) is 0 Å². The Balaban J connectivity index is 3.07. The molecule has 0 bridgehead atoms. The number of hydrogen-bond donors (Lipinski definition) is 1. The minimum absolute atomic E-state index is 0.126. The highest BCUT2D eigenvalue weighted by Crippen LogP contribution is 1.96. The van der Waals surface area contributed by atoms with E-state index in [0.29, 0.717) is 32.8 Å². The van der Waals surface area contributed by atoms with Crippen LogP contribution in [0.25, 0.3) is 10.4 Å². The third kappa shape index (κ3) is 12.8. The molecule has 0 radical (unpaired) electrons. The topological polar surface area (TPSA) is 96.3 Å². The van der Waals surface area contributed by atoms with Crippen molar-refractivity contribution in [2.24, 2.45) is 5.11 Å². The number of carbonyl (C=O) groups excluding carboxylic acids is 1. The van der Waals surface area contributed by atoms with Crippen LogP contribution in [0.15, 0.2) is 5.11 Å². The Morgan fingerprint density at radius 3 is 2.89 bits per heavy atom. The Morgan fingerprint density at radius 2 is 2.17 bits per heavy atom. The van der Waals surface area contributed by atoms with Crippen molar-refractivity contribution in [2.75, 3.05) is 39.5 Å².